The van der Waals surface area contributed by atoms with Crippen LogP contribution in [0.15, 0.2) is 53.0 Å². The normalized spacial score (nSPS) is 10.6. The van der Waals surface area contributed by atoms with Crippen molar-refractivity contribution in [1.82, 2.24) is 0 Å². The molecule has 0 N–H and O–H groups in total. The lowest BCUT2D eigenvalue weighted by Crippen LogP contribution is -1.99. The van der Waals surface area contributed by atoms with Gasteiger partial charge in [0.15, 0.2) is 5.78 Å². The fraction of sp³-hybridized carbons (Fsp3) is 0.278. The van der Waals surface area contributed by atoms with Crippen LogP contribution in [0.5, 0.6) is 0 Å². The van der Waals surface area contributed by atoms with Gasteiger partial charge in [-0.3, -0.25) is 4.79 Å². The zero-order chi connectivity index (χ0) is 15.1. The highest BCUT2D eigenvalue weighted by Gasteiger charge is 2.05. The van der Waals surface area contributed by atoms with Gasteiger partial charge in [0.25, 0.3) is 0 Å². The Morgan fingerprint density at radius 3 is 2.62 bits per heavy atom. The predicted octanol–water partition coefficient (Wildman–Crippen LogP) is 5.65. The van der Waals surface area contributed by atoms with E-state index in [1.54, 1.807) is 0 Å². The number of carbonyl (C=O) groups excluding carboxylic acids is 1. The summed E-state index contributed by atoms with van der Waals surface area (Å²) >= 11 is 5.28. The number of carbonyl (C=O) groups is 1. The van der Waals surface area contributed by atoms with Crippen LogP contribution in [0.25, 0.3) is 0 Å². The van der Waals surface area contributed by atoms with Crippen molar-refractivity contribution in [3.8, 4) is 0 Å². The van der Waals surface area contributed by atoms with Crippen LogP contribution in [-0.2, 0) is 5.75 Å². The standard InChI is InChI=1S/C18H19BrOS/c1-14-4-2-5-15(12-14)13-21-11-3-6-18(20)16-7-9-17(19)10-8-16/h2,4-5,7-10,12H,3,6,11,13H2,1H3. The fourth-order valence-electron chi connectivity index (χ4n) is 2.11. The van der Waals surface area contributed by atoms with Gasteiger partial charge in [-0.05, 0) is 36.8 Å². The fourth-order valence-corrected chi connectivity index (χ4v) is 3.28. The summed E-state index contributed by atoms with van der Waals surface area (Å²) in [6.07, 6.45) is 1.56. The van der Waals surface area contributed by atoms with Gasteiger partial charge in [-0.25, -0.2) is 0 Å². The molecule has 3 heteroatoms. The van der Waals surface area contributed by atoms with Crippen molar-refractivity contribution in [3.05, 3.63) is 69.7 Å². The Bertz CT molecular complexity index is 592. The largest absolute Gasteiger partial charge is 0.294 e. The molecule has 110 valence electrons. The minimum Gasteiger partial charge on any atom is -0.294 e. The van der Waals surface area contributed by atoms with Crippen LogP contribution in [0, 0.1) is 6.92 Å². The van der Waals surface area contributed by atoms with Crippen molar-refractivity contribution in [2.24, 2.45) is 0 Å². The molecule has 2 rings (SSSR count). The maximum atomic E-state index is 12.0. The SMILES string of the molecule is Cc1cccc(CSCCCC(=O)c2ccc(Br)cc2)c1. The van der Waals surface area contributed by atoms with Gasteiger partial charge in [-0.1, -0.05) is 57.9 Å². The third-order valence-corrected chi connectivity index (χ3v) is 4.85. The number of thioether (sulfide) groups is 1. The van der Waals surface area contributed by atoms with Crippen LogP contribution in [0.2, 0.25) is 0 Å². The van der Waals surface area contributed by atoms with Crippen molar-refractivity contribution in [2.45, 2.75) is 25.5 Å². The second kappa shape index (κ2) is 8.40. The maximum absolute atomic E-state index is 12.0. The summed E-state index contributed by atoms with van der Waals surface area (Å²) in [5.41, 5.74) is 3.47. The zero-order valence-corrected chi connectivity index (χ0v) is 14.5. The van der Waals surface area contributed by atoms with E-state index in [0.29, 0.717) is 6.42 Å². The number of hydrogen-bond acceptors (Lipinski definition) is 2. The van der Waals surface area contributed by atoms with Crippen LogP contribution in [-0.4, -0.2) is 11.5 Å². The summed E-state index contributed by atoms with van der Waals surface area (Å²) in [5, 5.41) is 0. The Morgan fingerprint density at radius 2 is 1.90 bits per heavy atom. The minimum atomic E-state index is 0.235. The van der Waals surface area contributed by atoms with Gasteiger partial charge in [-0.15, -0.1) is 0 Å². The van der Waals surface area contributed by atoms with Crippen LogP contribution < -0.4 is 0 Å². The third-order valence-electron chi connectivity index (χ3n) is 3.21. The monoisotopic (exact) mass is 362 g/mol. The molecule has 0 amide bonds. The smallest absolute Gasteiger partial charge is 0.162 e. The summed E-state index contributed by atoms with van der Waals surface area (Å²) in [6, 6.07) is 16.2. The van der Waals surface area contributed by atoms with Crippen molar-refractivity contribution in [1.29, 1.82) is 0 Å². The van der Waals surface area contributed by atoms with E-state index in [4.69, 9.17) is 0 Å². The van der Waals surface area contributed by atoms with E-state index < -0.39 is 0 Å². The molecule has 1 nitrogen and oxygen atoms in total. The highest BCUT2D eigenvalue weighted by Crippen LogP contribution is 2.17. The number of Topliss-reactive ketones (excluding diaryl/α,β-unsaturated/α-hetero) is 1. The molecule has 0 aliphatic rings. The number of hydrogen-bond donors (Lipinski definition) is 0. The Labute approximate surface area is 139 Å². The van der Waals surface area contributed by atoms with E-state index in [1.165, 1.54) is 11.1 Å². The number of rotatable bonds is 7. The first-order valence-electron chi connectivity index (χ1n) is 7.07. The number of halogens is 1. The summed E-state index contributed by atoms with van der Waals surface area (Å²) in [5.74, 6) is 2.28. The van der Waals surface area contributed by atoms with E-state index in [9.17, 15) is 4.79 Å². The number of benzene rings is 2. The molecule has 2 aromatic carbocycles. The first-order chi connectivity index (χ1) is 10.1. The van der Waals surface area contributed by atoms with Gasteiger partial charge in [0.2, 0.25) is 0 Å². The number of aryl methyl sites for hydroxylation is 1. The third kappa shape index (κ3) is 5.68. The molecule has 0 aliphatic carbocycles. The van der Waals surface area contributed by atoms with E-state index in [1.807, 2.05) is 36.0 Å². The van der Waals surface area contributed by atoms with E-state index in [-0.39, 0.29) is 5.78 Å². The summed E-state index contributed by atoms with van der Waals surface area (Å²) in [6.45, 7) is 2.12. The maximum Gasteiger partial charge on any atom is 0.162 e. The van der Waals surface area contributed by atoms with Crippen LogP contribution in [0.4, 0.5) is 0 Å². The lowest BCUT2D eigenvalue weighted by Gasteiger charge is -2.04. The minimum absolute atomic E-state index is 0.235. The first kappa shape index (κ1) is 16.3. The van der Waals surface area contributed by atoms with Crippen molar-refractivity contribution < 1.29 is 4.79 Å². The molecule has 21 heavy (non-hydrogen) atoms. The van der Waals surface area contributed by atoms with Crippen LogP contribution in [0.1, 0.15) is 34.3 Å². The van der Waals surface area contributed by atoms with Crippen LogP contribution >= 0.6 is 27.7 Å². The summed E-state index contributed by atoms with van der Waals surface area (Å²) in [4.78, 5) is 12.0. The first-order valence-corrected chi connectivity index (χ1v) is 9.02. The predicted molar refractivity (Wildman–Crippen MR) is 95.0 cm³/mol. The Morgan fingerprint density at radius 1 is 1.14 bits per heavy atom. The van der Waals surface area contributed by atoms with Crippen molar-refractivity contribution >= 4 is 33.5 Å². The molecule has 0 aromatic heterocycles. The van der Waals surface area contributed by atoms with Gasteiger partial charge in [-0.2, -0.15) is 11.8 Å². The molecule has 0 fully saturated rings. The summed E-state index contributed by atoms with van der Waals surface area (Å²) < 4.78 is 1.01. The molecule has 0 radical (unpaired) electrons. The van der Waals surface area contributed by atoms with Crippen molar-refractivity contribution in [2.75, 3.05) is 5.75 Å². The Hall–Kier alpha value is -1.06. The molecule has 2 aromatic rings. The average Bonchev–Trinajstić information content (AvgIpc) is 2.47. The lowest BCUT2D eigenvalue weighted by atomic mass is 10.1. The van der Waals surface area contributed by atoms with Crippen LogP contribution in [0.3, 0.4) is 0 Å². The molecular weight excluding hydrogens is 344 g/mol. The molecular formula is C18H19BrOS. The quantitative estimate of drug-likeness (QED) is 0.467. The lowest BCUT2D eigenvalue weighted by molar-refractivity contribution is 0.0982. The molecule has 0 aliphatic heterocycles. The Balaban J connectivity index is 1.68. The van der Waals surface area contributed by atoms with Gasteiger partial charge < -0.3 is 0 Å². The molecule has 0 bridgehead atoms. The highest BCUT2D eigenvalue weighted by molar-refractivity contribution is 9.10. The molecule has 0 saturated carbocycles. The van der Waals surface area contributed by atoms with Gasteiger partial charge >= 0.3 is 0 Å². The molecule has 0 atom stereocenters. The molecule has 0 unspecified atom stereocenters. The van der Waals surface area contributed by atoms with E-state index >= 15 is 0 Å². The topological polar surface area (TPSA) is 17.1 Å². The second-order valence-corrected chi connectivity index (χ2v) is 7.10. The van der Waals surface area contributed by atoms with E-state index in [0.717, 1.165) is 28.0 Å². The summed E-state index contributed by atoms with van der Waals surface area (Å²) in [7, 11) is 0. The van der Waals surface area contributed by atoms with Gasteiger partial charge in [0, 0.05) is 22.2 Å². The molecule has 0 saturated heterocycles. The highest BCUT2D eigenvalue weighted by atomic mass is 79.9. The van der Waals surface area contributed by atoms with E-state index in [2.05, 4.69) is 47.1 Å². The Kier molecular flexibility index (Phi) is 6.52. The molecule has 0 heterocycles. The molecule has 0 spiro atoms. The zero-order valence-electron chi connectivity index (χ0n) is 12.1. The van der Waals surface area contributed by atoms with Gasteiger partial charge in [0.05, 0.1) is 0 Å². The average molecular weight is 363 g/mol. The van der Waals surface area contributed by atoms with Gasteiger partial charge in [0.1, 0.15) is 0 Å². The van der Waals surface area contributed by atoms with Crippen molar-refractivity contribution in [3.63, 3.8) is 0 Å². The second-order valence-electron chi connectivity index (χ2n) is 5.08. The number of ketones is 1.